The van der Waals surface area contributed by atoms with Crippen LogP contribution in [0, 0.1) is 6.92 Å². The van der Waals surface area contributed by atoms with Crippen LogP contribution in [0.15, 0.2) is 10.2 Å². The van der Waals surface area contributed by atoms with E-state index < -0.39 is 0 Å². The van der Waals surface area contributed by atoms with E-state index in [-0.39, 0.29) is 29.7 Å². The number of nitrogens with one attached hydrogen (secondary N) is 1. The van der Waals surface area contributed by atoms with Crippen LogP contribution in [0.5, 0.6) is 0 Å². The first kappa shape index (κ1) is 16.9. The molecular formula is C10H19Cl2N3OS. The van der Waals surface area contributed by atoms with Crippen LogP contribution in [-0.2, 0) is 6.54 Å². The molecule has 0 aromatic carbocycles. The van der Waals surface area contributed by atoms with Crippen LogP contribution in [0.4, 0.5) is 0 Å². The number of aromatic nitrogens is 1. The molecule has 0 unspecified atom stereocenters. The molecule has 1 fully saturated rings. The second-order valence-electron chi connectivity index (χ2n) is 3.89. The van der Waals surface area contributed by atoms with Gasteiger partial charge in [-0.2, -0.15) is 0 Å². The smallest absolute Gasteiger partial charge is 0.307 e. The Balaban J connectivity index is 0.00000128. The van der Waals surface area contributed by atoms with Crippen molar-refractivity contribution in [1.29, 1.82) is 0 Å². The van der Waals surface area contributed by atoms with Gasteiger partial charge in [-0.05, 0) is 6.92 Å². The molecule has 0 spiro atoms. The Morgan fingerprint density at radius 2 is 1.94 bits per heavy atom. The van der Waals surface area contributed by atoms with Gasteiger partial charge >= 0.3 is 4.87 Å². The predicted octanol–water partition coefficient (Wildman–Crippen LogP) is 0.967. The normalized spacial score (nSPS) is 16.1. The quantitative estimate of drug-likeness (QED) is 0.904. The first-order valence-electron chi connectivity index (χ1n) is 5.35. The van der Waals surface area contributed by atoms with Crippen molar-refractivity contribution in [2.45, 2.75) is 13.5 Å². The van der Waals surface area contributed by atoms with Crippen LogP contribution in [0.3, 0.4) is 0 Å². The average molecular weight is 300 g/mol. The molecule has 100 valence electrons. The van der Waals surface area contributed by atoms with Gasteiger partial charge in [-0.25, -0.2) is 0 Å². The highest BCUT2D eigenvalue weighted by atomic mass is 35.5. The Morgan fingerprint density at radius 3 is 2.47 bits per heavy atom. The van der Waals surface area contributed by atoms with E-state index in [1.807, 2.05) is 16.9 Å². The monoisotopic (exact) mass is 299 g/mol. The number of piperazine rings is 1. The van der Waals surface area contributed by atoms with Gasteiger partial charge in [0, 0.05) is 50.3 Å². The van der Waals surface area contributed by atoms with Gasteiger partial charge in [-0.15, -0.1) is 24.8 Å². The van der Waals surface area contributed by atoms with E-state index in [0.29, 0.717) is 0 Å². The largest absolute Gasteiger partial charge is 0.314 e. The van der Waals surface area contributed by atoms with Gasteiger partial charge in [0.2, 0.25) is 0 Å². The van der Waals surface area contributed by atoms with Crippen molar-refractivity contribution in [3.05, 3.63) is 20.7 Å². The molecule has 1 aromatic rings. The van der Waals surface area contributed by atoms with Crippen molar-refractivity contribution in [2.24, 2.45) is 0 Å². The number of aryl methyl sites for hydroxylation is 1. The summed E-state index contributed by atoms with van der Waals surface area (Å²) in [5, 5.41) is 5.25. The van der Waals surface area contributed by atoms with Crippen LogP contribution in [0.2, 0.25) is 0 Å². The minimum Gasteiger partial charge on any atom is -0.314 e. The molecule has 1 saturated heterocycles. The third-order valence-electron chi connectivity index (χ3n) is 2.83. The van der Waals surface area contributed by atoms with Crippen molar-refractivity contribution in [3.8, 4) is 0 Å². The molecule has 1 aromatic heterocycles. The summed E-state index contributed by atoms with van der Waals surface area (Å²) in [7, 11) is 0. The summed E-state index contributed by atoms with van der Waals surface area (Å²) in [6, 6.07) is 0. The van der Waals surface area contributed by atoms with E-state index in [4.69, 9.17) is 0 Å². The average Bonchev–Trinajstić information content (AvgIpc) is 2.58. The molecule has 1 aliphatic rings. The Hall–Kier alpha value is -0.0700. The fourth-order valence-corrected chi connectivity index (χ4v) is 2.61. The molecule has 2 heterocycles. The Morgan fingerprint density at radius 1 is 1.29 bits per heavy atom. The summed E-state index contributed by atoms with van der Waals surface area (Å²) >= 11 is 1.29. The lowest BCUT2D eigenvalue weighted by atomic mass is 10.3. The van der Waals surface area contributed by atoms with Crippen LogP contribution in [0.25, 0.3) is 0 Å². The maximum Gasteiger partial charge on any atom is 0.307 e. The molecule has 0 aliphatic carbocycles. The Kier molecular flexibility index (Phi) is 8.07. The number of hydrogen-bond donors (Lipinski definition) is 1. The molecule has 0 bridgehead atoms. The van der Waals surface area contributed by atoms with Crippen molar-refractivity contribution < 1.29 is 0 Å². The SMILES string of the molecule is Cc1csc(=O)n1CCN1CCNCC1.Cl.Cl. The van der Waals surface area contributed by atoms with Gasteiger partial charge in [0.15, 0.2) is 0 Å². The van der Waals surface area contributed by atoms with E-state index in [1.54, 1.807) is 0 Å². The van der Waals surface area contributed by atoms with Gasteiger partial charge in [0.25, 0.3) is 0 Å². The second kappa shape index (κ2) is 8.11. The summed E-state index contributed by atoms with van der Waals surface area (Å²) in [5.41, 5.74) is 1.08. The molecule has 7 heteroatoms. The van der Waals surface area contributed by atoms with Crippen molar-refractivity contribution in [2.75, 3.05) is 32.7 Å². The molecule has 17 heavy (non-hydrogen) atoms. The van der Waals surface area contributed by atoms with Crippen molar-refractivity contribution >= 4 is 36.2 Å². The van der Waals surface area contributed by atoms with E-state index in [9.17, 15) is 4.79 Å². The summed E-state index contributed by atoms with van der Waals surface area (Å²) in [6.45, 7) is 8.13. The third kappa shape index (κ3) is 4.60. The molecule has 2 rings (SSSR count). The highest BCUT2D eigenvalue weighted by Gasteiger charge is 2.10. The molecule has 0 radical (unpaired) electrons. The van der Waals surface area contributed by atoms with Gasteiger partial charge in [0.05, 0.1) is 0 Å². The second-order valence-corrected chi connectivity index (χ2v) is 4.71. The molecule has 4 nitrogen and oxygen atoms in total. The van der Waals surface area contributed by atoms with E-state index in [2.05, 4.69) is 10.2 Å². The lowest BCUT2D eigenvalue weighted by Crippen LogP contribution is -2.44. The predicted molar refractivity (Wildman–Crippen MR) is 77.1 cm³/mol. The highest BCUT2D eigenvalue weighted by molar-refractivity contribution is 7.07. The maximum atomic E-state index is 11.5. The zero-order chi connectivity index (χ0) is 10.7. The van der Waals surface area contributed by atoms with Crippen LogP contribution in [-0.4, -0.2) is 42.2 Å². The number of rotatable bonds is 3. The maximum absolute atomic E-state index is 11.5. The highest BCUT2D eigenvalue weighted by Crippen LogP contribution is 2.00. The summed E-state index contributed by atoms with van der Waals surface area (Å²) < 4.78 is 1.87. The fraction of sp³-hybridized carbons (Fsp3) is 0.700. The molecular weight excluding hydrogens is 281 g/mol. The topological polar surface area (TPSA) is 37.3 Å². The van der Waals surface area contributed by atoms with Gasteiger partial charge < -0.3 is 9.88 Å². The molecule has 0 amide bonds. The van der Waals surface area contributed by atoms with Crippen molar-refractivity contribution in [3.63, 3.8) is 0 Å². The fourth-order valence-electron chi connectivity index (χ4n) is 1.85. The summed E-state index contributed by atoms with van der Waals surface area (Å²) in [5.74, 6) is 0. The number of thiazole rings is 1. The molecule has 1 aliphatic heterocycles. The summed E-state index contributed by atoms with van der Waals surface area (Å²) in [6.07, 6.45) is 0. The molecule has 1 N–H and O–H groups in total. The van der Waals surface area contributed by atoms with E-state index >= 15 is 0 Å². The number of nitrogens with zero attached hydrogens (tertiary/aromatic N) is 2. The van der Waals surface area contributed by atoms with Crippen LogP contribution >= 0.6 is 36.2 Å². The summed E-state index contributed by atoms with van der Waals surface area (Å²) in [4.78, 5) is 14.0. The van der Waals surface area contributed by atoms with E-state index in [1.165, 1.54) is 11.3 Å². The minimum absolute atomic E-state index is 0. The van der Waals surface area contributed by atoms with Gasteiger partial charge in [-0.3, -0.25) is 9.69 Å². The minimum atomic E-state index is 0. The Labute approximate surface area is 118 Å². The first-order chi connectivity index (χ1) is 7.27. The molecule has 0 atom stereocenters. The number of hydrogen-bond acceptors (Lipinski definition) is 4. The zero-order valence-corrected chi connectivity index (χ0v) is 12.3. The van der Waals surface area contributed by atoms with E-state index in [0.717, 1.165) is 45.0 Å². The van der Waals surface area contributed by atoms with Gasteiger partial charge in [-0.1, -0.05) is 11.3 Å². The number of halogens is 2. The van der Waals surface area contributed by atoms with Crippen LogP contribution in [0.1, 0.15) is 5.69 Å². The van der Waals surface area contributed by atoms with Crippen LogP contribution < -0.4 is 10.2 Å². The Bertz CT molecular complexity index is 374. The first-order valence-corrected chi connectivity index (χ1v) is 6.23. The van der Waals surface area contributed by atoms with Gasteiger partial charge in [0.1, 0.15) is 0 Å². The lowest BCUT2D eigenvalue weighted by molar-refractivity contribution is 0.231. The van der Waals surface area contributed by atoms with Crippen molar-refractivity contribution in [1.82, 2.24) is 14.8 Å². The zero-order valence-electron chi connectivity index (χ0n) is 9.85. The molecule has 0 saturated carbocycles. The standard InChI is InChI=1S/C10H17N3OS.2ClH/c1-9-8-15-10(14)13(9)7-6-12-4-2-11-3-5-12;;/h8,11H,2-7H2,1H3;2*1H. The third-order valence-corrected chi connectivity index (χ3v) is 3.71. The lowest BCUT2D eigenvalue weighted by Gasteiger charge is -2.27.